The summed E-state index contributed by atoms with van der Waals surface area (Å²) < 4.78 is 29.4. The highest BCUT2D eigenvalue weighted by Crippen LogP contribution is 2.37. The SMILES string of the molecule is Cn1nc(-c2ccccc2)cc1-c1sc(C(=O)NC2=C(F)CCC=C2F)cc1N. The minimum Gasteiger partial charge on any atom is -0.397 e. The van der Waals surface area contributed by atoms with Gasteiger partial charge in [-0.05, 0) is 24.6 Å². The number of rotatable bonds is 4. The second kappa shape index (κ2) is 7.63. The van der Waals surface area contributed by atoms with Gasteiger partial charge in [-0.15, -0.1) is 11.3 Å². The van der Waals surface area contributed by atoms with E-state index in [1.54, 1.807) is 11.7 Å². The third-order valence-corrected chi connectivity index (χ3v) is 5.77. The maximum absolute atomic E-state index is 13.9. The van der Waals surface area contributed by atoms with Gasteiger partial charge in [0.2, 0.25) is 0 Å². The maximum Gasteiger partial charge on any atom is 0.265 e. The molecule has 1 aliphatic carbocycles. The van der Waals surface area contributed by atoms with E-state index in [2.05, 4.69) is 10.4 Å². The lowest BCUT2D eigenvalue weighted by Gasteiger charge is -2.12. The molecule has 1 aromatic carbocycles. The summed E-state index contributed by atoms with van der Waals surface area (Å²) >= 11 is 1.15. The first-order valence-corrected chi connectivity index (χ1v) is 9.81. The second-order valence-electron chi connectivity index (χ2n) is 6.62. The molecule has 8 heteroatoms. The van der Waals surface area contributed by atoms with Gasteiger partial charge in [0, 0.05) is 19.0 Å². The number of hydrogen-bond acceptors (Lipinski definition) is 4. The number of aryl methyl sites for hydroxylation is 1. The summed E-state index contributed by atoms with van der Waals surface area (Å²) in [7, 11) is 1.79. The van der Waals surface area contributed by atoms with Gasteiger partial charge in [-0.1, -0.05) is 30.3 Å². The van der Waals surface area contributed by atoms with Crippen LogP contribution in [0.4, 0.5) is 14.5 Å². The minimum atomic E-state index is -0.758. The van der Waals surface area contributed by atoms with E-state index in [0.29, 0.717) is 10.6 Å². The van der Waals surface area contributed by atoms with E-state index < -0.39 is 23.3 Å². The Balaban J connectivity index is 1.63. The van der Waals surface area contributed by atoms with Crippen molar-refractivity contribution in [2.45, 2.75) is 12.8 Å². The second-order valence-corrected chi connectivity index (χ2v) is 7.68. The molecular weight excluding hydrogens is 394 g/mol. The van der Waals surface area contributed by atoms with Gasteiger partial charge in [-0.25, -0.2) is 8.78 Å². The Morgan fingerprint density at radius 2 is 2.00 bits per heavy atom. The summed E-state index contributed by atoms with van der Waals surface area (Å²) in [5.41, 5.74) is 8.63. The fraction of sp³-hybridized carbons (Fsp3) is 0.143. The number of benzene rings is 1. The highest BCUT2D eigenvalue weighted by atomic mass is 32.1. The number of thiophene rings is 1. The average molecular weight is 412 g/mol. The van der Waals surface area contributed by atoms with Crippen molar-refractivity contribution in [3.8, 4) is 21.8 Å². The van der Waals surface area contributed by atoms with Crippen molar-refractivity contribution in [3.63, 3.8) is 0 Å². The van der Waals surface area contributed by atoms with Crippen LogP contribution in [0.25, 0.3) is 21.8 Å². The number of allylic oxidation sites excluding steroid dienone is 3. The predicted octanol–water partition coefficient (Wildman–Crippen LogP) is 4.96. The molecule has 3 aromatic rings. The number of halogens is 2. The van der Waals surface area contributed by atoms with Crippen molar-refractivity contribution < 1.29 is 13.6 Å². The van der Waals surface area contributed by atoms with E-state index >= 15 is 0 Å². The number of carbonyl (C=O) groups is 1. The first kappa shape index (κ1) is 19.1. The minimum absolute atomic E-state index is 0.0676. The Morgan fingerprint density at radius 1 is 1.24 bits per heavy atom. The third-order valence-electron chi connectivity index (χ3n) is 4.60. The monoisotopic (exact) mass is 412 g/mol. The molecule has 0 fully saturated rings. The summed E-state index contributed by atoms with van der Waals surface area (Å²) in [5.74, 6) is -2.03. The number of hydrogen-bond donors (Lipinski definition) is 2. The third kappa shape index (κ3) is 3.71. The van der Waals surface area contributed by atoms with E-state index in [0.717, 1.165) is 28.3 Å². The maximum atomic E-state index is 13.9. The predicted molar refractivity (Wildman–Crippen MR) is 110 cm³/mol. The van der Waals surface area contributed by atoms with Gasteiger partial charge >= 0.3 is 0 Å². The van der Waals surface area contributed by atoms with Crippen LogP contribution in [0.15, 0.2) is 65.9 Å². The van der Waals surface area contributed by atoms with E-state index in [4.69, 9.17) is 5.73 Å². The molecule has 0 bridgehead atoms. The van der Waals surface area contributed by atoms with Crippen LogP contribution in [0.3, 0.4) is 0 Å². The largest absolute Gasteiger partial charge is 0.397 e. The number of anilines is 1. The molecule has 4 rings (SSSR count). The Hall–Kier alpha value is -3.26. The number of nitrogens with zero attached hydrogens (tertiary/aromatic N) is 2. The van der Waals surface area contributed by atoms with E-state index in [9.17, 15) is 13.6 Å². The molecule has 0 saturated carbocycles. The first-order valence-electron chi connectivity index (χ1n) is 8.99. The smallest absolute Gasteiger partial charge is 0.265 e. The molecule has 29 heavy (non-hydrogen) atoms. The molecule has 0 atom stereocenters. The van der Waals surface area contributed by atoms with Gasteiger partial charge in [0.15, 0.2) is 0 Å². The highest BCUT2D eigenvalue weighted by molar-refractivity contribution is 7.18. The van der Waals surface area contributed by atoms with Gasteiger partial charge < -0.3 is 11.1 Å². The van der Waals surface area contributed by atoms with Crippen molar-refractivity contribution in [3.05, 3.63) is 70.8 Å². The summed E-state index contributed by atoms with van der Waals surface area (Å²) in [4.78, 5) is 13.5. The van der Waals surface area contributed by atoms with Gasteiger partial charge in [-0.2, -0.15) is 5.10 Å². The van der Waals surface area contributed by atoms with Crippen LogP contribution >= 0.6 is 11.3 Å². The molecule has 3 N–H and O–H groups in total. The highest BCUT2D eigenvalue weighted by Gasteiger charge is 2.22. The van der Waals surface area contributed by atoms with Crippen molar-refractivity contribution in [1.82, 2.24) is 15.1 Å². The molecule has 0 unspecified atom stereocenters. The molecule has 5 nitrogen and oxygen atoms in total. The molecule has 1 aliphatic rings. The van der Waals surface area contributed by atoms with Gasteiger partial charge in [-0.3, -0.25) is 9.48 Å². The van der Waals surface area contributed by atoms with Crippen LogP contribution in [0.2, 0.25) is 0 Å². The molecule has 0 saturated heterocycles. The lowest BCUT2D eigenvalue weighted by Crippen LogP contribution is -2.24. The zero-order valence-corrected chi connectivity index (χ0v) is 16.4. The lowest BCUT2D eigenvalue weighted by atomic mass is 10.1. The van der Waals surface area contributed by atoms with Crippen LogP contribution in [0, 0.1) is 0 Å². The van der Waals surface area contributed by atoms with Crippen LogP contribution in [-0.2, 0) is 7.05 Å². The topological polar surface area (TPSA) is 72.9 Å². The molecule has 0 spiro atoms. The van der Waals surface area contributed by atoms with Crippen molar-refractivity contribution in [2.24, 2.45) is 7.05 Å². The molecule has 2 aromatic heterocycles. The van der Waals surface area contributed by atoms with E-state index in [-0.39, 0.29) is 17.7 Å². The van der Waals surface area contributed by atoms with Crippen molar-refractivity contribution in [1.29, 1.82) is 0 Å². The molecule has 0 radical (unpaired) electrons. The normalized spacial score (nSPS) is 14.1. The zero-order chi connectivity index (χ0) is 20.5. The van der Waals surface area contributed by atoms with Crippen LogP contribution in [0.1, 0.15) is 22.5 Å². The molecule has 2 heterocycles. The summed E-state index contributed by atoms with van der Waals surface area (Å²) in [6.07, 6.45) is 1.60. The zero-order valence-electron chi connectivity index (χ0n) is 15.6. The Morgan fingerprint density at radius 3 is 2.72 bits per heavy atom. The fourth-order valence-electron chi connectivity index (χ4n) is 3.13. The molecule has 0 aliphatic heterocycles. The first-order chi connectivity index (χ1) is 13.9. The Bertz CT molecular complexity index is 1140. The van der Waals surface area contributed by atoms with Crippen LogP contribution in [-0.4, -0.2) is 15.7 Å². The molecule has 148 valence electrons. The van der Waals surface area contributed by atoms with Gasteiger partial charge in [0.25, 0.3) is 5.91 Å². The summed E-state index contributed by atoms with van der Waals surface area (Å²) in [6.45, 7) is 0. The fourth-order valence-corrected chi connectivity index (χ4v) is 4.15. The standard InChI is InChI=1S/C21H18F2N4OS/c1-27-17(11-16(26-27)12-6-3-2-4-7-12)20-15(24)10-18(29-20)21(28)25-19-13(22)8-5-9-14(19)23/h2-4,6-8,10-11H,5,9,24H2,1H3,(H,25,28). The van der Waals surface area contributed by atoms with Gasteiger partial charge in [0.1, 0.15) is 17.4 Å². The number of amides is 1. The van der Waals surface area contributed by atoms with E-state index in [1.807, 2.05) is 36.4 Å². The van der Waals surface area contributed by atoms with Crippen LogP contribution in [0.5, 0.6) is 0 Å². The van der Waals surface area contributed by atoms with Crippen molar-refractivity contribution >= 4 is 22.9 Å². The van der Waals surface area contributed by atoms with Gasteiger partial charge in [0.05, 0.1) is 26.8 Å². The van der Waals surface area contributed by atoms with Crippen LogP contribution < -0.4 is 11.1 Å². The number of carbonyl (C=O) groups excluding carboxylic acids is 1. The lowest BCUT2D eigenvalue weighted by molar-refractivity contribution is 0.0967. The molecular formula is C21H18F2N4OS. The number of nitrogens with two attached hydrogens (primary N) is 1. The molecule has 1 amide bonds. The van der Waals surface area contributed by atoms with E-state index in [1.165, 1.54) is 12.1 Å². The summed E-state index contributed by atoms with van der Waals surface area (Å²) in [6, 6.07) is 13.1. The average Bonchev–Trinajstić information content (AvgIpc) is 3.28. The Labute approximate surface area is 170 Å². The summed E-state index contributed by atoms with van der Waals surface area (Å²) in [5, 5.41) is 6.85. The number of nitrogens with one attached hydrogen (secondary N) is 1. The number of nitrogen functional groups attached to an aromatic ring is 1. The van der Waals surface area contributed by atoms with Crippen molar-refractivity contribution in [2.75, 3.05) is 5.73 Å². The Kier molecular flexibility index (Phi) is 5.02. The quantitative estimate of drug-likeness (QED) is 0.636. The number of aromatic nitrogens is 2.